The molecule has 4 aromatic carbocycles. The second-order valence-corrected chi connectivity index (χ2v) is 20.9. The second kappa shape index (κ2) is 14.5. The largest absolute Gasteiger partial charge is 0.483 e. The van der Waals surface area contributed by atoms with E-state index >= 15 is 0 Å². The highest BCUT2D eigenvalue weighted by atomic mass is 32.2. The minimum Gasteiger partial charge on any atom is -0.483 e. The molecule has 2 unspecified atom stereocenters. The van der Waals surface area contributed by atoms with E-state index in [1.54, 1.807) is 49.7 Å². The fourth-order valence-electron chi connectivity index (χ4n) is 5.21. The summed E-state index contributed by atoms with van der Waals surface area (Å²) >= 11 is 0. The molecule has 0 saturated carbocycles. The molecule has 4 rings (SSSR count). The molecule has 10 heteroatoms. The lowest BCUT2D eigenvalue weighted by Gasteiger charge is -2.30. The van der Waals surface area contributed by atoms with Crippen LogP contribution >= 0.6 is 14.5 Å². The molecule has 0 fully saturated rings. The van der Waals surface area contributed by atoms with Crippen LogP contribution in [0.25, 0.3) is 0 Å². The van der Waals surface area contributed by atoms with E-state index in [0.717, 1.165) is 27.8 Å². The number of sulfone groups is 1. The standard InChI is InChI=1S/C37H46O7P2S/c1-9-42-46(8,39)26-29-23-28(4)13-21-36(29)44-37(5,6)31-14-22-35(30(24-31)25-45(7,38)10-2)43-32-15-19-34(20-16-32)47(40,41)33-17-11-27(3)12-18-33/h11-24H,9-10,25-26H2,1-8H3. The van der Waals surface area contributed by atoms with Crippen molar-refractivity contribution < 1.29 is 31.5 Å². The Morgan fingerprint density at radius 2 is 1.26 bits per heavy atom. The topological polar surface area (TPSA) is 96.0 Å². The van der Waals surface area contributed by atoms with Crippen LogP contribution in [0.4, 0.5) is 0 Å². The zero-order valence-electron chi connectivity index (χ0n) is 28.6. The lowest BCUT2D eigenvalue weighted by molar-refractivity contribution is 0.107. The van der Waals surface area contributed by atoms with Crippen molar-refractivity contribution in [3.05, 3.63) is 113 Å². The van der Waals surface area contributed by atoms with Gasteiger partial charge in [0.2, 0.25) is 17.2 Å². The molecule has 47 heavy (non-hydrogen) atoms. The van der Waals surface area contributed by atoms with Crippen molar-refractivity contribution in [2.75, 3.05) is 26.1 Å². The molecule has 0 aliphatic rings. The first-order valence-electron chi connectivity index (χ1n) is 15.7. The van der Waals surface area contributed by atoms with Gasteiger partial charge in [0.15, 0.2) is 0 Å². The molecule has 0 spiro atoms. The van der Waals surface area contributed by atoms with Crippen molar-refractivity contribution in [1.29, 1.82) is 0 Å². The molecule has 0 radical (unpaired) electrons. The Hall–Kier alpha value is -3.15. The van der Waals surface area contributed by atoms with Gasteiger partial charge in [0.05, 0.1) is 29.7 Å². The van der Waals surface area contributed by atoms with Crippen molar-refractivity contribution >= 4 is 24.3 Å². The predicted octanol–water partition coefficient (Wildman–Crippen LogP) is 10.2. The van der Waals surface area contributed by atoms with Crippen molar-refractivity contribution in [2.45, 2.75) is 69.3 Å². The number of hydrogen-bond acceptors (Lipinski definition) is 7. The molecule has 0 amide bonds. The van der Waals surface area contributed by atoms with Crippen molar-refractivity contribution in [1.82, 2.24) is 0 Å². The smallest absolute Gasteiger partial charge is 0.206 e. The maximum Gasteiger partial charge on any atom is 0.206 e. The third kappa shape index (κ3) is 9.48. The Kier molecular flexibility index (Phi) is 11.3. The minimum absolute atomic E-state index is 0.170. The maximum atomic E-state index is 13.4. The highest BCUT2D eigenvalue weighted by Gasteiger charge is 2.28. The van der Waals surface area contributed by atoms with Crippen LogP contribution in [0.5, 0.6) is 17.2 Å². The summed E-state index contributed by atoms with van der Waals surface area (Å²) in [6.07, 6.45) is 1.12. The summed E-state index contributed by atoms with van der Waals surface area (Å²) in [5.74, 6) is 1.62. The van der Waals surface area contributed by atoms with Crippen LogP contribution in [-0.4, -0.2) is 34.5 Å². The molecular weight excluding hydrogens is 650 g/mol. The first kappa shape index (κ1) is 36.7. The fraction of sp³-hybridized carbons (Fsp3) is 0.351. The average Bonchev–Trinajstić information content (AvgIpc) is 2.99. The SMILES string of the molecule is CCOP(C)(=O)Cc1cc(C)ccc1OC(C)(C)c1ccc(Oc2ccc(S(=O)(=O)c3ccc(C)cc3)cc2)c(CP(C)(=O)CC)c1. The van der Waals surface area contributed by atoms with Crippen LogP contribution in [-0.2, 0) is 41.4 Å². The van der Waals surface area contributed by atoms with Gasteiger partial charge in [-0.15, -0.1) is 0 Å². The van der Waals surface area contributed by atoms with Gasteiger partial charge in [-0.1, -0.05) is 48.4 Å². The van der Waals surface area contributed by atoms with Crippen molar-refractivity contribution in [3.8, 4) is 17.2 Å². The first-order valence-corrected chi connectivity index (χ1v) is 22.0. The fourth-order valence-corrected chi connectivity index (χ4v) is 9.17. The van der Waals surface area contributed by atoms with E-state index in [1.165, 1.54) is 12.1 Å². The molecule has 4 aromatic rings. The Morgan fingerprint density at radius 1 is 0.702 bits per heavy atom. The van der Waals surface area contributed by atoms with Gasteiger partial charge in [-0.2, -0.15) is 0 Å². The minimum atomic E-state index is -3.68. The van der Waals surface area contributed by atoms with Gasteiger partial charge in [-0.25, -0.2) is 8.42 Å². The number of benzene rings is 4. The third-order valence-electron chi connectivity index (χ3n) is 8.06. The highest BCUT2D eigenvalue weighted by Crippen LogP contribution is 2.49. The quantitative estimate of drug-likeness (QED) is 0.121. The van der Waals surface area contributed by atoms with Crippen LogP contribution in [0, 0.1) is 13.8 Å². The molecule has 0 saturated heterocycles. The van der Waals surface area contributed by atoms with E-state index in [1.807, 2.05) is 77.9 Å². The Balaban J connectivity index is 1.65. The van der Waals surface area contributed by atoms with Crippen molar-refractivity contribution in [3.63, 3.8) is 0 Å². The Morgan fingerprint density at radius 3 is 1.85 bits per heavy atom. The van der Waals surface area contributed by atoms with E-state index in [4.69, 9.17) is 14.0 Å². The summed E-state index contributed by atoms with van der Waals surface area (Å²) in [4.78, 5) is 0.400. The number of aryl methyl sites for hydroxylation is 2. The second-order valence-electron chi connectivity index (χ2n) is 12.8. The first-order chi connectivity index (χ1) is 21.9. The summed E-state index contributed by atoms with van der Waals surface area (Å²) < 4.78 is 71.2. The van der Waals surface area contributed by atoms with E-state index in [2.05, 4.69) is 0 Å². The molecular formula is C37H46O7P2S. The van der Waals surface area contributed by atoms with Gasteiger partial charge < -0.3 is 18.6 Å². The van der Waals surface area contributed by atoms with Crippen LogP contribution in [0.2, 0.25) is 0 Å². The third-order valence-corrected chi connectivity index (χ3v) is 13.9. The zero-order chi connectivity index (χ0) is 34.6. The predicted molar refractivity (Wildman–Crippen MR) is 191 cm³/mol. The lowest BCUT2D eigenvalue weighted by Crippen LogP contribution is -2.26. The molecule has 0 aromatic heterocycles. The number of hydrogen-bond donors (Lipinski definition) is 0. The zero-order valence-corrected chi connectivity index (χ0v) is 31.2. The van der Waals surface area contributed by atoms with Crippen LogP contribution < -0.4 is 9.47 Å². The number of rotatable bonds is 14. The molecule has 252 valence electrons. The van der Waals surface area contributed by atoms with Gasteiger partial charge in [-0.05, 0) is 108 Å². The summed E-state index contributed by atoms with van der Waals surface area (Å²) in [5, 5.41) is 0. The van der Waals surface area contributed by atoms with Gasteiger partial charge in [0, 0.05) is 24.0 Å². The summed E-state index contributed by atoms with van der Waals surface area (Å²) in [5.41, 5.74) is 3.64. The lowest BCUT2D eigenvalue weighted by atomic mass is 9.95. The highest BCUT2D eigenvalue weighted by molar-refractivity contribution is 7.91. The van der Waals surface area contributed by atoms with Gasteiger partial charge in [-0.3, -0.25) is 4.57 Å². The Labute approximate surface area is 280 Å². The summed E-state index contributed by atoms with van der Waals surface area (Å²) in [6, 6.07) is 24.7. The number of ether oxygens (including phenoxy) is 2. The van der Waals surface area contributed by atoms with E-state index < -0.39 is 29.9 Å². The summed E-state index contributed by atoms with van der Waals surface area (Å²) in [6.45, 7) is 15.4. The molecule has 7 nitrogen and oxygen atoms in total. The van der Waals surface area contributed by atoms with Crippen LogP contribution in [0.1, 0.15) is 55.5 Å². The molecule has 0 bridgehead atoms. The molecule has 0 aliphatic heterocycles. The van der Waals surface area contributed by atoms with Gasteiger partial charge in [0.1, 0.15) is 22.8 Å². The normalized spacial score (nSPS) is 14.6. The van der Waals surface area contributed by atoms with Gasteiger partial charge in [0.25, 0.3) is 0 Å². The van der Waals surface area contributed by atoms with E-state index in [-0.39, 0.29) is 16.0 Å². The monoisotopic (exact) mass is 696 g/mol. The Bertz CT molecular complexity index is 1920. The van der Waals surface area contributed by atoms with Gasteiger partial charge >= 0.3 is 0 Å². The van der Waals surface area contributed by atoms with Crippen molar-refractivity contribution in [2.24, 2.45) is 0 Å². The van der Waals surface area contributed by atoms with E-state index in [9.17, 15) is 17.5 Å². The molecule has 0 aliphatic carbocycles. The molecule has 0 N–H and O–H groups in total. The van der Waals surface area contributed by atoms with Crippen LogP contribution in [0.3, 0.4) is 0 Å². The summed E-state index contributed by atoms with van der Waals surface area (Å²) in [7, 11) is -9.06. The maximum absolute atomic E-state index is 13.4. The average molecular weight is 697 g/mol. The molecule has 0 heterocycles. The van der Waals surface area contributed by atoms with Crippen LogP contribution in [0.15, 0.2) is 94.7 Å². The van der Waals surface area contributed by atoms with E-state index in [0.29, 0.717) is 36.2 Å². The molecule has 2 atom stereocenters.